The molecule has 0 aliphatic rings. The van der Waals surface area contributed by atoms with Gasteiger partial charge in [-0.2, -0.15) is 0 Å². The maximum Gasteiger partial charge on any atom is 0.306 e. The van der Waals surface area contributed by atoms with Crippen LogP contribution in [-0.2, 0) is 28.6 Å². The van der Waals surface area contributed by atoms with E-state index < -0.39 is 6.10 Å². The summed E-state index contributed by atoms with van der Waals surface area (Å²) in [6.07, 6.45) is 64.9. The topological polar surface area (TPSA) is 78.9 Å². The van der Waals surface area contributed by atoms with Gasteiger partial charge in [0.2, 0.25) is 0 Å². The van der Waals surface area contributed by atoms with Crippen LogP contribution in [0.25, 0.3) is 0 Å². The molecule has 6 nitrogen and oxygen atoms in total. The van der Waals surface area contributed by atoms with Gasteiger partial charge in [-0.3, -0.25) is 14.4 Å². The fourth-order valence-corrected chi connectivity index (χ4v) is 9.21. The van der Waals surface area contributed by atoms with Gasteiger partial charge in [-0.15, -0.1) is 0 Å². The molecular formula is C61H116O6. The van der Waals surface area contributed by atoms with Gasteiger partial charge in [-0.25, -0.2) is 0 Å². The van der Waals surface area contributed by atoms with E-state index >= 15 is 0 Å². The summed E-state index contributed by atoms with van der Waals surface area (Å²) in [5.74, 6) is -0.843. The van der Waals surface area contributed by atoms with Crippen molar-refractivity contribution in [3.63, 3.8) is 0 Å². The molecule has 6 heteroatoms. The molecule has 0 fully saturated rings. The predicted molar refractivity (Wildman–Crippen MR) is 289 cm³/mol. The van der Waals surface area contributed by atoms with Gasteiger partial charge < -0.3 is 14.2 Å². The molecule has 0 rings (SSSR count). The molecule has 0 heterocycles. The summed E-state index contributed by atoms with van der Waals surface area (Å²) in [4.78, 5) is 38.2. The Hall–Kier alpha value is -1.85. The van der Waals surface area contributed by atoms with Crippen molar-refractivity contribution >= 4 is 17.9 Å². The van der Waals surface area contributed by atoms with Crippen molar-refractivity contribution in [2.75, 3.05) is 13.2 Å². The monoisotopic (exact) mass is 945 g/mol. The molecule has 0 saturated carbocycles. The van der Waals surface area contributed by atoms with Crippen molar-refractivity contribution in [3.8, 4) is 0 Å². The maximum atomic E-state index is 12.9. The fourth-order valence-electron chi connectivity index (χ4n) is 9.21. The number of esters is 3. The minimum atomic E-state index is -0.767. The average Bonchev–Trinajstić information content (AvgIpc) is 3.33. The molecule has 0 aromatic heterocycles. The Balaban J connectivity index is 4.30. The molecule has 0 aliphatic carbocycles. The fraction of sp³-hybridized carbons (Fsp3) is 0.918. The molecule has 396 valence electrons. The Kier molecular flexibility index (Phi) is 55.2. The highest BCUT2D eigenvalue weighted by molar-refractivity contribution is 5.71. The smallest absolute Gasteiger partial charge is 0.306 e. The molecule has 0 bridgehead atoms. The minimum Gasteiger partial charge on any atom is -0.462 e. The second kappa shape index (κ2) is 56.7. The average molecular weight is 946 g/mol. The molecule has 1 atom stereocenters. The van der Waals surface area contributed by atoms with Crippen LogP contribution in [0.15, 0.2) is 12.2 Å². The summed E-state index contributed by atoms with van der Waals surface area (Å²) in [6, 6.07) is 0. The third-order valence-electron chi connectivity index (χ3n) is 13.8. The van der Waals surface area contributed by atoms with E-state index in [1.807, 2.05) is 0 Å². The summed E-state index contributed by atoms with van der Waals surface area (Å²) in [5, 5.41) is 0. The lowest BCUT2D eigenvalue weighted by molar-refractivity contribution is -0.167. The number of hydrogen-bond donors (Lipinski definition) is 0. The van der Waals surface area contributed by atoms with Crippen LogP contribution in [0.3, 0.4) is 0 Å². The Labute approximate surface area is 418 Å². The molecule has 67 heavy (non-hydrogen) atoms. The quantitative estimate of drug-likeness (QED) is 0.0262. The molecule has 0 aromatic carbocycles. The largest absolute Gasteiger partial charge is 0.462 e. The van der Waals surface area contributed by atoms with E-state index in [2.05, 4.69) is 32.9 Å². The molecule has 0 unspecified atom stereocenters. The molecule has 0 aromatic rings. The Morgan fingerprint density at radius 1 is 0.284 bits per heavy atom. The summed E-state index contributed by atoms with van der Waals surface area (Å²) in [7, 11) is 0. The highest BCUT2D eigenvalue weighted by Gasteiger charge is 2.19. The van der Waals surface area contributed by atoms with Crippen LogP contribution >= 0.6 is 0 Å². The molecule has 0 aliphatic heterocycles. The lowest BCUT2D eigenvalue weighted by Crippen LogP contribution is -2.30. The van der Waals surface area contributed by atoms with Crippen molar-refractivity contribution < 1.29 is 28.6 Å². The lowest BCUT2D eigenvalue weighted by Gasteiger charge is -2.18. The Morgan fingerprint density at radius 2 is 0.493 bits per heavy atom. The standard InChI is InChI=1S/C61H116O6/c1-4-7-10-13-16-19-22-25-28-30-32-33-36-39-42-45-48-51-54-60(63)66-57-58(56-65-59(62)53-50-47-44-41-38-35-27-24-21-18-15-12-9-6-3)67-61(64)55-52-49-46-43-40-37-34-31-29-26-23-20-17-14-11-8-5-2/h26,29,58H,4-25,27-28,30-57H2,1-3H3/b29-26-/t58-/m1/s1. The van der Waals surface area contributed by atoms with Gasteiger partial charge >= 0.3 is 17.9 Å². The van der Waals surface area contributed by atoms with Crippen LogP contribution in [0.1, 0.15) is 342 Å². The summed E-state index contributed by atoms with van der Waals surface area (Å²) in [5.41, 5.74) is 0. The van der Waals surface area contributed by atoms with Crippen LogP contribution in [0.5, 0.6) is 0 Å². The van der Waals surface area contributed by atoms with E-state index in [1.165, 1.54) is 244 Å². The number of carbonyl (C=O) groups excluding carboxylic acids is 3. The third kappa shape index (κ3) is 55.0. The van der Waals surface area contributed by atoms with Crippen molar-refractivity contribution in [3.05, 3.63) is 12.2 Å². The number of rotatable bonds is 56. The van der Waals surface area contributed by atoms with Crippen molar-refractivity contribution in [2.24, 2.45) is 0 Å². The highest BCUT2D eigenvalue weighted by Crippen LogP contribution is 2.17. The summed E-state index contributed by atoms with van der Waals surface area (Å²) >= 11 is 0. The summed E-state index contributed by atoms with van der Waals surface area (Å²) in [6.45, 7) is 6.70. The number of hydrogen-bond acceptors (Lipinski definition) is 6. The van der Waals surface area contributed by atoms with Crippen molar-refractivity contribution in [1.82, 2.24) is 0 Å². The zero-order chi connectivity index (χ0) is 48.6. The SMILES string of the molecule is CCCCCCCC/C=C\CCCCCCCCCC(=O)O[C@H](COC(=O)CCCCCCCCCCCCCCCC)COC(=O)CCCCCCCCCCCCCCCCCCCC. The highest BCUT2D eigenvalue weighted by atomic mass is 16.6. The van der Waals surface area contributed by atoms with Crippen LogP contribution in [0, 0.1) is 0 Å². The number of allylic oxidation sites excluding steroid dienone is 2. The van der Waals surface area contributed by atoms with E-state index in [9.17, 15) is 14.4 Å². The molecule has 0 spiro atoms. The van der Waals surface area contributed by atoms with Crippen LogP contribution in [0.2, 0.25) is 0 Å². The second-order valence-electron chi connectivity index (χ2n) is 20.6. The minimum absolute atomic E-state index is 0.0655. The first-order valence-electron chi connectivity index (χ1n) is 30.2. The number of unbranched alkanes of at least 4 members (excludes halogenated alkanes) is 43. The van der Waals surface area contributed by atoms with Gasteiger partial charge in [-0.05, 0) is 44.9 Å². The second-order valence-corrected chi connectivity index (χ2v) is 20.6. The zero-order valence-corrected chi connectivity index (χ0v) is 45.5. The first-order valence-corrected chi connectivity index (χ1v) is 30.2. The molecule has 0 radical (unpaired) electrons. The number of carbonyl (C=O) groups is 3. The van der Waals surface area contributed by atoms with Gasteiger partial charge in [0.15, 0.2) is 6.10 Å². The normalized spacial score (nSPS) is 12.0. The van der Waals surface area contributed by atoms with E-state index in [-0.39, 0.29) is 31.1 Å². The first kappa shape index (κ1) is 65.1. The Bertz CT molecular complexity index is 1040. The van der Waals surface area contributed by atoms with E-state index in [4.69, 9.17) is 14.2 Å². The number of ether oxygens (including phenoxy) is 3. The lowest BCUT2D eigenvalue weighted by atomic mass is 10.0. The molecule has 0 amide bonds. The first-order chi connectivity index (χ1) is 33.0. The van der Waals surface area contributed by atoms with Gasteiger partial charge in [0, 0.05) is 19.3 Å². The van der Waals surface area contributed by atoms with Crippen LogP contribution in [0.4, 0.5) is 0 Å². The maximum absolute atomic E-state index is 12.9. The Morgan fingerprint density at radius 3 is 0.746 bits per heavy atom. The van der Waals surface area contributed by atoms with Crippen molar-refractivity contribution in [2.45, 2.75) is 348 Å². The van der Waals surface area contributed by atoms with Gasteiger partial charge in [0.25, 0.3) is 0 Å². The van der Waals surface area contributed by atoms with Gasteiger partial charge in [0.1, 0.15) is 13.2 Å². The van der Waals surface area contributed by atoms with Crippen LogP contribution < -0.4 is 0 Å². The molecule has 0 N–H and O–H groups in total. The predicted octanol–water partition coefficient (Wildman–Crippen LogP) is 20.1. The van der Waals surface area contributed by atoms with Gasteiger partial charge in [-0.1, -0.05) is 290 Å². The third-order valence-corrected chi connectivity index (χ3v) is 13.8. The van der Waals surface area contributed by atoms with Crippen LogP contribution in [-0.4, -0.2) is 37.2 Å². The van der Waals surface area contributed by atoms with Gasteiger partial charge in [0.05, 0.1) is 0 Å². The van der Waals surface area contributed by atoms with E-state index in [1.54, 1.807) is 0 Å². The zero-order valence-electron chi connectivity index (χ0n) is 45.5. The summed E-state index contributed by atoms with van der Waals surface area (Å²) < 4.78 is 16.9. The van der Waals surface area contributed by atoms with E-state index in [0.29, 0.717) is 19.3 Å². The molecule has 0 saturated heterocycles. The molecular weight excluding hydrogens is 829 g/mol. The van der Waals surface area contributed by atoms with Crippen molar-refractivity contribution in [1.29, 1.82) is 0 Å². The van der Waals surface area contributed by atoms with E-state index in [0.717, 1.165) is 57.8 Å².